The number of carbonyl (C=O) groups is 1. The fourth-order valence-corrected chi connectivity index (χ4v) is 2.97. The highest BCUT2D eigenvalue weighted by atomic mass is 32.1. The van der Waals surface area contributed by atoms with Crippen molar-refractivity contribution in [2.75, 3.05) is 25.3 Å². The number of pyridine rings is 1. The smallest absolute Gasteiger partial charge is 0.412 e. The summed E-state index contributed by atoms with van der Waals surface area (Å²) in [6.07, 6.45) is 1.00. The lowest BCUT2D eigenvalue weighted by atomic mass is 10.2. The molecule has 0 aliphatic rings. The summed E-state index contributed by atoms with van der Waals surface area (Å²) in [5, 5.41) is 2.98. The first-order valence-corrected chi connectivity index (χ1v) is 8.07. The van der Waals surface area contributed by atoms with E-state index in [0.29, 0.717) is 34.6 Å². The van der Waals surface area contributed by atoms with Crippen LogP contribution in [0.1, 0.15) is 5.56 Å². The van der Waals surface area contributed by atoms with Crippen molar-refractivity contribution in [1.82, 2.24) is 9.97 Å². The molecule has 0 unspecified atom stereocenters. The number of benzene rings is 1. The third kappa shape index (κ3) is 3.89. The molecule has 0 saturated carbocycles. The highest BCUT2D eigenvalue weighted by Crippen LogP contribution is 2.35. The molecule has 2 aromatic heterocycles. The van der Waals surface area contributed by atoms with Crippen molar-refractivity contribution in [3.8, 4) is 11.5 Å². The molecule has 1 amide bonds. The van der Waals surface area contributed by atoms with E-state index in [1.807, 2.05) is 6.07 Å². The maximum atomic E-state index is 11.2. The number of ether oxygens (including phenoxy) is 3. The first-order chi connectivity index (χ1) is 12.1. The molecule has 9 heteroatoms. The minimum Gasteiger partial charge on any atom is -0.494 e. The molecule has 0 aliphatic heterocycles. The van der Waals surface area contributed by atoms with Crippen LogP contribution in [0.25, 0.3) is 10.2 Å². The predicted molar refractivity (Wildman–Crippen MR) is 95.2 cm³/mol. The number of nitrogens with two attached hydrogens (primary N) is 1. The minimum atomic E-state index is -0.580. The van der Waals surface area contributed by atoms with E-state index < -0.39 is 6.09 Å². The SMILES string of the molecule is COC(=O)Nc1cc(COc2cc(OC)c3nc(N)sc3c2)ccn1. The van der Waals surface area contributed by atoms with Crippen molar-refractivity contribution in [2.45, 2.75) is 6.61 Å². The number of anilines is 2. The summed E-state index contributed by atoms with van der Waals surface area (Å²) >= 11 is 1.36. The van der Waals surface area contributed by atoms with E-state index in [2.05, 4.69) is 20.0 Å². The van der Waals surface area contributed by atoms with Gasteiger partial charge in [-0.3, -0.25) is 5.32 Å². The lowest BCUT2D eigenvalue weighted by molar-refractivity contribution is 0.187. The second kappa shape index (κ2) is 7.22. The van der Waals surface area contributed by atoms with Gasteiger partial charge in [0.1, 0.15) is 29.4 Å². The number of carbonyl (C=O) groups excluding carboxylic acids is 1. The van der Waals surface area contributed by atoms with Gasteiger partial charge in [0, 0.05) is 12.3 Å². The quantitative estimate of drug-likeness (QED) is 0.720. The number of nitrogen functional groups attached to an aromatic ring is 1. The van der Waals surface area contributed by atoms with Crippen molar-refractivity contribution in [2.24, 2.45) is 0 Å². The molecule has 0 atom stereocenters. The first-order valence-electron chi connectivity index (χ1n) is 7.26. The molecule has 0 bridgehead atoms. The number of hydrogen-bond donors (Lipinski definition) is 2. The van der Waals surface area contributed by atoms with E-state index >= 15 is 0 Å². The highest BCUT2D eigenvalue weighted by molar-refractivity contribution is 7.22. The molecule has 0 spiro atoms. The minimum absolute atomic E-state index is 0.293. The van der Waals surface area contributed by atoms with E-state index in [9.17, 15) is 4.79 Å². The molecule has 0 fully saturated rings. The topological polar surface area (TPSA) is 109 Å². The zero-order valence-corrected chi connectivity index (χ0v) is 14.4. The largest absolute Gasteiger partial charge is 0.494 e. The first kappa shape index (κ1) is 16.8. The van der Waals surface area contributed by atoms with Gasteiger partial charge in [0.2, 0.25) is 0 Å². The Bertz CT molecular complexity index is 912. The number of methoxy groups -OCH3 is 2. The molecule has 3 aromatic rings. The Morgan fingerprint density at radius 3 is 2.92 bits per heavy atom. The van der Waals surface area contributed by atoms with Crippen LogP contribution in [0.4, 0.5) is 15.7 Å². The average molecular weight is 360 g/mol. The van der Waals surface area contributed by atoms with E-state index in [0.717, 1.165) is 10.3 Å². The van der Waals surface area contributed by atoms with Crippen molar-refractivity contribution >= 4 is 38.6 Å². The van der Waals surface area contributed by atoms with Gasteiger partial charge in [0.05, 0.1) is 18.9 Å². The standard InChI is InChI=1S/C16H16N4O4S/c1-22-11-6-10(7-12-14(11)20-15(17)25-12)24-8-9-3-4-18-13(5-9)19-16(21)23-2/h3-7H,8H2,1-2H3,(H2,17,20)(H,18,19,21). The monoisotopic (exact) mass is 360 g/mol. The van der Waals surface area contributed by atoms with Gasteiger partial charge in [-0.05, 0) is 23.8 Å². The Kier molecular flexibility index (Phi) is 4.85. The zero-order valence-electron chi connectivity index (χ0n) is 13.6. The van der Waals surface area contributed by atoms with Crippen LogP contribution in [0.5, 0.6) is 11.5 Å². The molecule has 1 aromatic carbocycles. The van der Waals surface area contributed by atoms with E-state index in [4.69, 9.17) is 15.2 Å². The van der Waals surface area contributed by atoms with Crippen molar-refractivity contribution in [3.05, 3.63) is 36.0 Å². The van der Waals surface area contributed by atoms with Crippen LogP contribution < -0.4 is 20.5 Å². The van der Waals surface area contributed by atoms with E-state index in [1.54, 1.807) is 31.5 Å². The molecule has 2 heterocycles. The van der Waals surface area contributed by atoms with Crippen LogP contribution in [0.2, 0.25) is 0 Å². The molecule has 8 nitrogen and oxygen atoms in total. The summed E-state index contributed by atoms with van der Waals surface area (Å²) in [5.41, 5.74) is 7.31. The van der Waals surface area contributed by atoms with Crippen molar-refractivity contribution < 1.29 is 19.0 Å². The molecule has 0 radical (unpaired) electrons. The Labute approximate surface area is 147 Å². The third-order valence-corrected chi connectivity index (χ3v) is 4.15. The summed E-state index contributed by atoms with van der Waals surface area (Å²) < 4.78 is 16.6. The number of amides is 1. The fraction of sp³-hybridized carbons (Fsp3) is 0.188. The van der Waals surface area contributed by atoms with E-state index in [1.165, 1.54) is 18.4 Å². The Hall–Kier alpha value is -3.07. The molecule has 3 N–H and O–H groups in total. The number of nitrogens with one attached hydrogen (secondary N) is 1. The lowest BCUT2D eigenvalue weighted by Crippen LogP contribution is -2.12. The van der Waals surface area contributed by atoms with Gasteiger partial charge < -0.3 is 19.9 Å². The van der Waals surface area contributed by atoms with Gasteiger partial charge in [0.15, 0.2) is 5.13 Å². The second-order valence-electron chi connectivity index (χ2n) is 4.98. The van der Waals surface area contributed by atoms with Crippen LogP contribution in [0, 0.1) is 0 Å². The predicted octanol–water partition coefficient (Wildman–Crippen LogP) is 3.04. The number of aromatic nitrogens is 2. The van der Waals surface area contributed by atoms with Gasteiger partial charge in [-0.1, -0.05) is 11.3 Å². The number of hydrogen-bond acceptors (Lipinski definition) is 8. The van der Waals surface area contributed by atoms with Gasteiger partial charge in [0.25, 0.3) is 0 Å². The maximum Gasteiger partial charge on any atom is 0.412 e. The third-order valence-electron chi connectivity index (χ3n) is 3.32. The number of thiazole rings is 1. The molecule has 0 aliphatic carbocycles. The van der Waals surface area contributed by atoms with Crippen molar-refractivity contribution in [1.29, 1.82) is 0 Å². The molecule has 25 heavy (non-hydrogen) atoms. The summed E-state index contributed by atoms with van der Waals surface area (Å²) in [6, 6.07) is 7.12. The zero-order chi connectivity index (χ0) is 17.8. The lowest BCUT2D eigenvalue weighted by Gasteiger charge is -2.09. The Morgan fingerprint density at radius 1 is 1.32 bits per heavy atom. The van der Waals surface area contributed by atoms with Crippen LogP contribution in [-0.4, -0.2) is 30.3 Å². The number of fused-ring (bicyclic) bond motifs is 1. The summed E-state index contributed by atoms with van der Waals surface area (Å²) in [5.74, 6) is 1.62. The summed E-state index contributed by atoms with van der Waals surface area (Å²) in [6.45, 7) is 0.293. The normalized spacial score (nSPS) is 10.5. The number of nitrogens with zero attached hydrogens (tertiary/aromatic N) is 2. The maximum absolute atomic E-state index is 11.2. The van der Waals surface area contributed by atoms with Gasteiger partial charge in [-0.2, -0.15) is 0 Å². The number of rotatable bonds is 5. The Balaban J connectivity index is 1.76. The van der Waals surface area contributed by atoms with Crippen LogP contribution in [0.15, 0.2) is 30.5 Å². The molecular formula is C16H16N4O4S. The van der Waals surface area contributed by atoms with Crippen LogP contribution in [0.3, 0.4) is 0 Å². The van der Waals surface area contributed by atoms with Gasteiger partial charge in [-0.15, -0.1) is 0 Å². The average Bonchev–Trinajstić information content (AvgIpc) is 2.99. The Morgan fingerprint density at radius 2 is 2.16 bits per heavy atom. The summed E-state index contributed by atoms with van der Waals surface area (Å²) in [4.78, 5) is 19.5. The second-order valence-corrected chi connectivity index (χ2v) is 6.04. The molecule has 3 rings (SSSR count). The highest BCUT2D eigenvalue weighted by Gasteiger charge is 2.11. The van der Waals surface area contributed by atoms with Gasteiger partial charge in [-0.25, -0.2) is 14.8 Å². The van der Waals surface area contributed by atoms with Gasteiger partial charge >= 0.3 is 6.09 Å². The fourth-order valence-electron chi connectivity index (χ4n) is 2.19. The molecule has 130 valence electrons. The van der Waals surface area contributed by atoms with Crippen molar-refractivity contribution in [3.63, 3.8) is 0 Å². The molecular weight excluding hydrogens is 344 g/mol. The van der Waals surface area contributed by atoms with Crippen LogP contribution >= 0.6 is 11.3 Å². The summed E-state index contributed by atoms with van der Waals surface area (Å²) in [7, 11) is 2.86. The van der Waals surface area contributed by atoms with E-state index in [-0.39, 0.29) is 0 Å². The van der Waals surface area contributed by atoms with Crippen LogP contribution in [-0.2, 0) is 11.3 Å². The molecule has 0 saturated heterocycles.